The molecular weight excluding hydrogens is 462 g/mol. The van der Waals surface area contributed by atoms with Gasteiger partial charge in [-0.15, -0.1) is 11.3 Å². The van der Waals surface area contributed by atoms with E-state index in [1.54, 1.807) is 18.8 Å². The molecule has 1 amide bonds. The summed E-state index contributed by atoms with van der Waals surface area (Å²) in [7, 11) is 2.70. The molecule has 0 bridgehead atoms. The van der Waals surface area contributed by atoms with Gasteiger partial charge in [0, 0.05) is 52.0 Å². The van der Waals surface area contributed by atoms with Crippen molar-refractivity contribution in [2.45, 2.75) is 71.4 Å². The van der Waals surface area contributed by atoms with Gasteiger partial charge in [-0.25, -0.2) is 0 Å². The largest absolute Gasteiger partial charge is 0.400 e. The standard InChI is InChI=1S/C10H13N3OS.C10H16N2O.C5H10.CH4O/c14-9(8-3-11-7-15-8)13-2-1-10(6-13)4-12-5-10;1-13-8-9-6-7-12(11-9)10-4-2-3-5-10;1-5(2)3-4-5;1-2/h3,7,12H,1-2,4-6H2;6-7,10H,2-5,8H2,1H3;3-4H2,1-2H3;2H,1H3. The number of likely N-dealkylation sites (tertiary alicyclic amines) is 1. The fourth-order valence-corrected chi connectivity index (χ4v) is 5.16. The molecule has 2 saturated carbocycles. The van der Waals surface area contributed by atoms with Gasteiger partial charge in [0.05, 0.1) is 30.1 Å². The lowest BCUT2D eigenvalue weighted by Gasteiger charge is -2.38. The normalized spacial score (nSPS) is 21.1. The van der Waals surface area contributed by atoms with Crippen molar-refractivity contribution in [2.24, 2.45) is 10.8 Å². The summed E-state index contributed by atoms with van der Waals surface area (Å²) in [6, 6.07) is 2.69. The molecule has 196 valence electrons. The third kappa shape index (κ3) is 8.10. The number of nitrogens with one attached hydrogen (secondary N) is 1. The Morgan fingerprint density at radius 1 is 1.23 bits per heavy atom. The van der Waals surface area contributed by atoms with Gasteiger partial charge in [-0.1, -0.05) is 26.7 Å². The number of carbonyl (C=O) groups excluding carboxylic acids is 1. The summed E-state index contributed by atoms with van der Waals surface area (Å²) in [5.74, 6) is 0.154. The van der Waals surface area contributed by atoms with Gasteiger partial charge in [0.2, 0.25) is 0 Å². The topological polar surface area (TPSA) is 92.5 Å². The summed E-state index contributed by atoms with van der Waals surface area (Å²) in [5, 5.41) is 14.8. The second-order valence-electron chi connectivity index (χ2n) is 10.8. The minimum Gasteiger partial charge on any atom is -0.400 e. The van der Waals surface area contributed by atoms with E-state index in [2.05, 4.69) is 40.1 Å². The van der Waals surface area contributed by atoms with Crippen LogP contribution in [0.5, 0.6) is 0 Å². The van der Waals surface area contributed by atoms with Crippen LogP contribution in [-0.4, -0.2) is 71.1 Å². The van der Waals surface area contributed by atoms with Crippen molar-refractivity contribution in [3.8, 4) is 0 Å². The molecule has 2 aliphatic carbocycles. The molecule has 6 rings (SSSR count). The number of methoxy groups -OCH3 is 1. The number of hydrogen-bond donors (Lipinski definition) is 2. The van der Waals surface area contributed by atoms with Gasteiger partial charge in [-0.3, -0.25) is 14.5 Å². The minimum absolute atomic E-state index is 0.154. The molecule has 2 aromatic heterocycles. The lowest BCUT2D eigenvalue weighted by atomic mass is 9.81. The summed E-state index contributed by atoms with van der Waals surface area (Å²) in [6.07, 6.45) is 13.1. The number of hydrogen-bond acceptors (Lipinski definition) is 7. The first-order valence-electron chi connectivity index (χ1n) is 12.8. The van der Waals surface area contributed by atoms with Gasteiger partial charge >= 0.3 is 0 Å². The number of aliphatic hydroxyl groups is 1. The van der Waals surface area contributed by atoms with Crippen LogP contribution in [0, 0.1) is 10.8 Å². The fourth-order valence-electron chi connectivity index (χ4n) is 4.58. The summed E-state index contributed by atoms with van der Waals surface area (Å²) in [6.45, 7) is 9.17. The molecule has 1 spiro atoms. The maximum Gasteiger partial charge on any atom is 0.265 e. The van der Waals surface area contributed by atoms with Crippen LogP contribution in [-0.2, 0) is 11.3 Å². The number of rotatable bonds is 4. The number of ether oxygens (including phenoxy) is 1. The number of amides is 1. The second kappa shape index (κ2) is 12.9. The number of aliphatic hydroxyl groups excluding tert-OH is 1. The SMILES string of the molecule is CC1(C)CC1.CO.COCc1ccn(C2CCCC2)n1.O=C(c1cncs1)N1CCC2(CNC2)C1. The second-order valence-corrected chi connectivity index (χ2v) is 11.7. The van der Waals surface area contributed by atoms with Crippen molar-refractivity contribution in [1.82, 2.24) is 25.0 Å². The molecule has 4 heterocycles. The van der Waals surface area contributed by atoms with Crippen LogP contribution in [0.3, 0.4) is 0 Å². The van der Waals surface area contributed by atoms with Crippen LogP contribution < -0.4 is 5.32 Å². The fraction of sp³-hybridized carbons (Fsp3) is 0.731. The Balaban J connectivity index is 0.000000156. The Labute approximate surface area is 214 Å². The summed E-state index contributed by atoms with van der Waals surface area (Å²) >= 11 is 1.43. The highest BCUT2D eigenvalue weighted by atomic mass is 32.1. The quantitative estimate of drug-likeness (QED) is 0.649. The van der Waals surface area contributed by atoms with Gasteiger partial charge in [-0.2, -0.15) is 5.10 Å². The molecule has 4 aliphatic rings. The van der Waals surface area contributed by atoms with Gasteiger partial charge in [-0.05, 0) is 43.6 Å². The Hall–Kier alpha value is -1.81. The maximum absolute atomic E-state index is 12.0. The molecule has 2 saturated heterocycles. The van der Waals surface area contributed by atoms with Crippen LogP contribution in [0.1, 0.15) is 80.2 Å². The molecule has 0 aromatic carbocycles. The van der Waals surface area contributed by atoms with Crippen molar-refractivity contribution in [1.29, 1.82) is 0 Å². The van der Waals surface area contributed by atoms with E-state index in [9.17, 15) is 4.79 Å². The van der Waals surface area contributed by atoms with E-state index in [1.165, 1.54) is 49.9 Å². The Kier molecular flexibility index (Phi) is 10.3. The third-order valence-corrected chi connectivity index (χ3v) is 8.03. The number of nitrogens with zero attached hydrogens (tertiary/aromatic N) is 4. The van der Waals surface area contributed by atoms with E-state index >= 15 is 0 Å². The van der Waals surface area contributed by atoms with Crippen LogP contribution in [0.4, 0.5) is 0 Å². The zero-order valence-electron chi connectivity index (χ0n) is 21.8. The molecule has 2 aromatic rings. The first-order chi connectivity index (χ1) is 16.9. The Bertz CT molecular complexity index is 883. The summed E-state index contributed by atoms with van der Waals surface area (Å²) in [4.78, 5) is 18.7. The van der Waals surface area contributed by atoms with Crippen molar-refractivity contribution in [3.05, 3.63) is 34.5 Å². The predicted octanol–water partition coefficient (Wildman–Crippen LogP) is 4.14. The molecular formula is C26H43N5O3S. The lowest BCUT2D eigenvalue weighted by molar-refractivity contribution is 0.0756. The van der Waals surface area contributed by atoms with Crippen LogP contribution in [0.2, 0.25) is 0 Å². The van der Waals surface area contributed by atoms with Gasteiger partial charge in [0.25, 0.3) is 5.91 Å². The van der Waals surface area contributed by atoms with Crippen LogP contribution in [0.25, 0.3) is 0 Å². The lowest BCUT2D eigenvalue weighted by Crippen LogP contribution is -2.55. The van der Waals surface area contributed by atoms with Crippen molar-refractivity contribution in [3.63, 3.8) is 0 Å². The minimum atomic E-state index is 0.154. The van der Waals surface area contributed by atoms with E-state index < -0.39 is 0 Å². The highest BCUT2D eigenvalue weighted by Gasteiger charge is 2.44. The Morgan fingerprint density at radius 3 is 2.40 bits per heavy atom. The molecule has 0 atom stereocenters. The summed E-state index contributed by atoms with van der Waals surface area (Å²) < 4.78 is 7.13. The molecule has 4 fully saturated rings. The number of carbonyl (C=O) groups is 1. The molecule has 2 N–H and O–H groups in total. The highest BCUT2D eigenvalue weighted by Crippen LogP contribution is 2.43. The molecule has 8 nitrogen and oxygen atoms in total. The molecule has 9 heteroatoms. The van der Waals surface area contributed by atoms with E-state index in [-0.39, 0.29) is 5.91 Å². The number of thiazole rings is 1. The summed E-state index contributed by atoms with van der Waals surface area (Å²) in [5.41, 5.74) is 3.89. The van der Waals surface area contributed by atoms with E-state index in [0.29, 0.717) is 18.1 Å². The van der Waals surface area contributed by atoms with E-state index in [4.69, 9.17) is 9.84 Å². The van der Waals surface area contributed by atoms with Crippen molar-refractivity contribution < 1.29 is 14.6 Å². The van der Waals surface area contributed by atoms with Crippen LogP contribution in [0.15, 0.2) is 24.0 Å². The maximum atomic E-state index is 12.0. The zero-order chi connectivity index (χ0) is 25.3. The van der Waals surface area contributed by atoms with Gasteiger partial charge in [0.1, 0.15) is 4.88 Å². The number of aromatic nitrogens is 3. The average Bonchev–Trinajstić information content (AvgIpc) is 3.50. The molecule has 2 aliphatic heterocycles. The average molecular weight is 506 g/mol. The monoisotopic (exact) mass is 505 g/mol. The third-order valence-electron chi connectivity index (χ3n) is 7.27. The predicted molar refractivity (Wildman–Crippen MR) is 140 cm³/mol. The smallest absolute Gasteiger partial charge is 0.265 e. The zero-order valence-corrected chi connectivity index (χ0v) is 22.6. The Morgan fingerprint density at radius 2 is 1.91 bits per heavy atom. The van der Waals surface area contributed by atoms with E-state index in [1.807, 2.05) is 11.0 Å². The highest BCUT2D eigenvalue weighted by molar-refractivity contribution is 7.11. The first-order valence-corrected chi connectivity index (χ1v) is 13.6. The van der Waals surface area contributed by atoms with Gasteiger partial charge in [0.15, 0.2) is 0 Å². The molecule has 0 radical (unpaired) electrons. The van der Waals surface area contributed by atoms with E-state index in [0.717, 1.165) is 55.7 Å². The van der Waals surface area contributed by atoms with Crippen molar-refractivity contribution >= 4 is 17.2 Å². The molecule has 0 unspecified atom stereocenters. The van der Waals surface area contributed by atoms with Crippen molar-refractivity contribution in [2.75, 3.05) is 40.4 Å². The van der Waals surface area contributed by atoms with Gasteiger partial charge < -0.3 is 20.1 Å². The first kappa shape index (κ1) is 27.8. The molecule has 35 heavy (non-hydrogen) atoms. The van der Waals surface area contributed by atoms with Crippen LogP contribution >= 0.6 is 11.3 Å².